The van der Waals surface area contributed by atoms with Crippen molar-refractivity contribution in [2.75, 3.05) is 27.3 Å². The number of imidazole rings is 2. The Morgan fingerprint density at radius 1 is 0.767 bits per heavy atom. The predicted molar refractivity (Wildman–Crippen MR) is 226 cm³/mol. The van der Waals surface area contributed by atoms with Crippen LogP contribution in [0.2, 0.25) is 0 Å². The fourth-order valence-corrected chi connectivity index (χ4v) is 8.38. The van der Waals surface area contributed by atoms with Gasteiger partial charge in [-0.3, -0.25) is 9.59 Å². The van der Waals surface area contributed by atoms with Gasteiger partial charge in [0.25, 0.3) is 0 Å². The summed E-state index contributed by atoms with van der Waals surface area (Å²) in [5, 5.41) is 3.60. The van der Waals surface area contributed by atoms with Crippen molar-refractivity contribution in [3.63, 3.8) is 0 Å². The number of rotatable bonds is 12. The molecule has 2 fully saturated rings. The van der Waals surface area contributed by atoms with Gasteiger partial charge in [-0.15, -0.1) is 0 Å². The van der Waals surface area contributed by atoms with Crippen molar-refractivity contribution in [1.29, 1.82) is 0 Å². The van der Waals surface area contributed by atoms with E-state index >= 15 is 0 Å². The molecule has 16 heteroatoms. The van der Waals surface area contributed by atoms with Crippen molar-refractivity contribution >= 4 is 57.3 Å². The zero-order valence-corrected chi connectivity index (χ0v) is 34.6. The van der Waals surface area contributed by atoms with Gasteiger partial charge in [0.1, 0.15) is 23.7 Å². The molecule has 0 unspecified atom stereocenters. The largest absolute Gasteiger partial charge is 0.453 e. The molecular weight excluding hydrogens is 765 g/mol. The van der Waals surface area contributed by atoms with Crippen LogP contribution in [-0.2, 0) is 24.1 Å². The fourth-order valence-electron chi connectivity index (χ4n) is 8.38. The third-order valence-electron chi connectivity index (χ3n) is 11.5. The quantitative estimate of drug-likeness (QED) is 0.0499. The predicted octanol–water partition coefficient (Wildman–Crippen LogP) is 7.05. The maximum Gasteiger partial charge on any atom is 0.407 e. The first-order valence-electron chi connectivity index (χ1n) is 20.5. The van der Waals surface area contributed by atoms with Crippen LogP contribution >= 0.6 is 0 Å². The second-order valence-electron chi connectivity index (χ2n) is 16.1. The Labute approximate surface area is 347 Å². The minimum absolute atomic E-state index is 0.0221. The molecule has 0 radical (unpaired) electrons. The number of nitrogens with one attached hydrogen (secondary N) is 3. The fraction of sp³-hybridized carbons (Fsp3) is 0.409. The molecule has 60 heavy (non-hydrogen) atoms. The third-order valence-corrected chi connectivity index (χ3v) is 11.5. The Morgan fingerprint density at radius 3 is 1.95 bits per heavy atom. The van der Waals surface area contributed by atoms with Gasteiger partial charge < -0.3 is 34.7 Å². The van der Waals surface area contributed by atoms with E-state index in [1.54, 1.807) is 4.90 Å². The first kappa shape index (κ1) is 40.4. The third kappa shape index (κ3) is 7.98. The number of nitrogens with zero attached hydrogens (tertiary/aromatic N) is 7. The number of amides is 3. The summed E-state index contributed by atoms with van der Waals surface area (Å²) in [5.74, 6) is 1.70. The van der Waals surface area contributed by atoms with Crippen LogP contribution in [-0.4, -0.2) is 103 Å². The molecular formula is C44H50N10O6. The van der Waals surface area contributed by atoms with Crippen LogP contribution in [0.1, 0.15) is 77.1 Å². The summed E-state index contributed by atoms with van der Waals surface area (Å²) in [5.41, 5.74) is 6.98. The number of alkyl carbamates (subject to hydrolysis) is 1. The van der Waals surface area contributed by atoms with E-state index in [-0.39, 0.29) is 35.7 Å². The number of benzene rings is 3. The Bertz CT molecular complexity index is 2580. The molecule has 0 spiro atoms. The second kappa shape index (κ2) is 17.0. The molecule has 0 aliphatic carbocycles. The first-order valence-corrected chi connectivity index (χ1v) is 20.5. The van der Waals surface area contributed by atoms with Crippen LogP contribution in [0, 0.1) is 11.8 Å². The summed E-state index contributed by atoms with van der Waals surface area (Å²) >= 11 is 0. The summed E-state index contributed by atoms with van der Waals surface area (Å²) in [6, 6.07) is 16.5. The molecule has 2 aliphatic rings. The van der Waals surface area contributed by atoms with Crippen LogP contribution in [0.15, 0.2) is 65.8 Å². The molecule has 3 aromatic carbocycles. The van der Waals surface area contributed by atoms with Gasteiger partial charge in [0.2, 0.25) is 18.2 Å². The monoisotopic (exact) mass is 814 g/mol. The molecule has 16 nitrogen and oxygen atoms in total. The highest BCUT2D eigenvalue weighted by Crippen LogP contribution is 2.36. The summed E-state index contributed by atoms with van der Waals surface area (Å²) in [6.45, 7) is 8.94. The average Bonchev–Trinajstić information content (AvgIpc) is 4.08. The minimum atomic E-state index is -0.705. The van der Waals surface area contributed by atoms with Crippen molar-refractivity contribution in [2.45, 2.75) is 77.5 Å². The summed E-state index contributed by atoms with van der Waals surface area (Å²) in [7, 11) is 2.68. The first-order chi connectivity index (χ1) is 29.0. The molecule has 2 saturated heterocycles. The molecule has 3 aromatic heterocycles. The molecule has 312 valence electrons. The van der Waals surface area contributed by atoms with Crippen LogP contribution in [0.3, 0.4) is 0 Å². The number of likely N-dealkylation sites (tertiary alicyclic amines) is 2. The molecule has 3 N–H and O–H groups in total. The lowest BCUT2D eigenvalue weighted by atomic mass is 10.0. The average molecular weight is 815 g/mol. The van der Waals surface area contributed by atoms with E-state index in [0.29, 0.717) is 24.7 Å². The van der Waals surface area contributed by atoms with Crippen molar-refractivity contribution in [1.82, 2.24) is 45.0 Å². The lowest BCUT2D eigenvalue weighted by Gasteiger charge is -2.29. The van der Waals surface area contributed by atoms with Crippen LogP contribution in [0.4, 0.5) is 4.79 Å². The zero-order valence-electron chi connectivity index (χ0n) is 34.6. The van der Waals surface area contributed by atoms with E-state index in [2.05, 4.69) is 49.4 Å². The highest BCUT2D eigenvalue weighted by atomic mass is 17.2. The number of aromatic nitrogens is 6. The van der Waals surface area contributed by atoms with E-state index in [1.807, 2.05) is 69.1 Å². The van der Waals surface area contributed by atoms with E-state index in [9.17, 15) is 14.4 Å². The van der Waals surface area contributed by atoms with Crippen molar-refractivity contribution in [3.8, 4) is 22.5 Å². The molecule has 5 heterocycles. The van der Waals surface area contributed by atoms with Gasteiger partial charge in [0, 0.05) is 30.2 Å². The Balaban J connectivity index is 0.992. The SMILES string of the molecule is COOC=N[C@H](C(=O)N1CCC[C@H]1c1nc2ccc(-c3ccc4nc(-c5ccc6nc([C@@H]7CCCN7C(=O)[C@@H](NC(=O)OC)C(C)C)[nH]c6c5)ncc4c3)cc2[nH]1)C(C)C. The highest BCUT2D eigenvalue weighted by molar-refractivity contribution is 5.90. The van der Waals surface area contributed by atoms with Crippen LogP contribution < -0.4 is 5.32 Å². The topological polar surface area (TPSA) is 193 Å². The molecule has 2 aliphatic heterocycles. The summed E-state index contributed by atoms with van der Waals surface area (Å²) in [4.78, 5) is 83.2. The minimum Gasteiger partial charge on any atom is -0.453 e. The van der Waals surface area contributed by atoms with Crippen molar-refractivity contribution in [2.24, 2.45) is 16.8 Å². The number of fused-ring (bicyclic) bond motifs is 3. The molecule has 3 amide bonds. The Kier molecular flexibility index (Phi) is 11.5. The summed E-state index contributed by atoms with van der Waals surface area (Å²) < 4.78 is 4.77. The molecule has 0 bridgehead atoms. The van der Waals surface area contributed by atoms with E-state index in [4.69, 9.17) is 29.6 Å². The van der Waals surface area contributed by atoms with E-state index < -0.39 is 18.2 Å². The van der Waals surface area contributed by atoms with Gasteiger partial charge in [-0.05, 0) is 91.1 Å². The van der Waals surface area contributed by atoms with Crippen molar-refractivity contribution < 1.29 is 28.9 Å². The zero-order chi connectivity index (χ0) is 42.1. The smallest absolute Gasteiger partial charge is 0.407 e. The second-order valence-corrected chi connectivity index (χ2v) is 16.1. The summed E-state index contributed by atoms with van der Waals surface area (Å²) in [6.07, 6.45) is 5.67. The molecule has 0 saturated carbocycles. The van der Waals surface area contributed by atoms with Gasteiger partial charge >= 0.3 is 6.09 Å². The lowest BCUT2D eigenvalue weighted by Crippen LogP contribution is -2.51. The highest BCUT2D eigenvalue weighted by Gasteiger charge is 2.38. The molecule has 8 rings (SSSR count). The van der Waals surface area contributed by atoms with Gasteiger partial charge in [-0.2, -0.15) is 4.89 Å². The Morgan fingerprint density at radius 2 is 1.35 bits per heavy atom. The Hall–Kier alpha value is -6.42. The van der Waals surface area contributed by atoms with E-state index in [1.165, 1.54) is 20.6 Å². The number of ether oxygens (including phenoxy) is 1. The number of aromatic amines is 2. The number of hydrogen-bond donors (Lipinski definition) is 3. The number of methoxy groups -OCH3 is 1. The van der Waals surface area contributed by atoms with E-state index in [0.717, 1.165) is 81.2 Å². The lowest BCUT2D eigenvalue weighted by molar-refractivity contribution is -0.188. The molecule has 6 aromatic rings. The van der Waals surface area contributed by atoms with Gasteiger partial charge in [-0.25, -0.2) is 29.7 Å². The van der Waals surface area contributed by atoms with Crippen LogP contribution in [0.25, 0.3) is 55.5 Å². The normalized spacial score (nSPS) is 18.1. The maximum absolute atomic E-state index is 13.7. The number of carbonyl (C=O) groups excluding carboxylic acids is 3. The van der Waals surface area contributed by atoms with Gasteiger partial charge in [0.15, 0.2) is 5.82 Å². The van der Waals surface area contributed by atoms with Gasteiger partial charge in [-0.1, -0.05) is 39.8 Å². The van der Waals surface area contributed by atoms with Crippen molar-refractivity contribution in [3.05, 3.63) is 72.4 Å². The maximum atomic E-state index is 13.7. The number of carbonyl (C=O) groups is 3. The van der Waals surface area contributed by atoms with Crippen LogP contribution in [0.5, 0.6) is 0 Å². The van der Waals surface area contributed by atoms with Gasteiger partial charge in [0.05, 0.1) is 53.9 Å². The number of H-pyrrole nitrogens is 2. The molecule has 4 atom stereocenters. The standard InChI is InChI=1S/C44H50N10O6/c1-24(2)37(46-23-60-59-6)42(55)53-17-7-9-35(53)40-48-31-15-12-27(20-33(31)50-40)26-11-14-30-29(19-26)22-45-39(47-30)28-13-16-32-34(21-28)51-41(49-32)36-10-8-18-54(36)43(56)38(25(3)4)52-44(57)58-5/h11-16,19-25,35-38H,7-10,17-18H2,1-6H3,(H,48,50)(H,49,51)(H,52,57)/t35-,36-,37-,38-/m0/s1. The number of aliphatic imine (C=N–C) groups is 1. The number of hydrogen-bond acceptors (Lipinski definition) is 11.